The van der Waals surface area contributed by atoms with Crippen molar-refractivity contribution in [2.24, 2.45) is 0 Å². The van der Waals surface area contributed by atoms with E-state index >= 15 is 0 Å². The van der Waals surface area contributed by atoms with E-state index in [2.05, 4.69) is 10.2 Å². The number of fused-ring (bicyclic) bond motifs is 1. The summed E-state index contributed by atoms with van der Waals surface area (Å²) in [6.45, 7) is 4.23. The first kappa shape index (κ1) is 20.2. The van der Waals surface area contributed by atoms with Crippen molar-refractivity contribution in [3.05, 3.63) is 33.1 Å². The molecule has 1 atom stereocenters. The van der Waals surface area contributed by atoms with Crippen LogP contribution in [0, 0.1) is 0 Å². The van der Waals surface area contributed by atoms with Gasteiger partial charge in [-0.2, -0.15) is 0 Å². The Kier molecular flexibility index (Phi) is 6.27. The number of halogens is 2. The molecule has 9 heteroatoms. The number of nitrogens with zero attached hydrogens (tertiary/aromatic N) is 2. The Hall–Kier alpha value is -1.12. The van der Waals surface area contributed by atoms with Gasteiger partial charge in [0.15, 0.2) is 5.11 Å². The van der Waals surface area contributed by atoms with Crippen LogP contribution in [0.2, 0.25) is 10.0 Å². The number of nitrogens with one attached hydrogen (secondary N) is 1. The van der Waals surface area contributed by atoms with E-state index in [-0.39, 0.29) is 12.0 Å². The van der Waals surface area contributed by atoms with Gasteiger partial charge in [-0.05, 0) is 37.2 Å². The quantitative estimate of drug-likeness (QED) is 0.705. The van der Waals surface area contributed by atoms with Crippen molar-refractivity contribution >= 4 is 67.9 Å². The summed E-state index contributed by atoms with van der Waals surface area (Å²) in [5.74, 6) is -0.0276. The first-order valence-corrected chi connectivity index (χ1v) is 11.3. The van der Waals surface area contributed by atoms with Gasteiger partial charge in [-0.1, -0.05) is 29.3 Å². The summed E-state index contributed by atoms with van der Waals surface area (Å²) in [7, 11) is 0. The maximum atomic E-state index is 13.0. The number of carbonyl (C=O) groups excluding carboxylic acids is 1. The molecule has 5 nitrogen and oxygen atoms in total. The highest BCUT2D eigenvalue weighted by molar-refractivity contribution is 7.80. The van der Waals surface area contributed by atoms with Crippen LogP contribution in [-0.4, -0.2) is 66.3 Å². The molecule has 2 aliphatic rings. The molecule has 1 aromatic carbocycles. The maximum absolute atomic E-state index is 13.0. The SMILES string of the molecule is O=C(c1sc2cc(Cl)ccc2c1Cl)N1CCN(C(=S)NCC2CCCO2)CC1. The Morgan fingerprint density at radius 3 is 2.71 bits per heavy atom. The lowest BCUT2D eigenvalue weighted by Gasteiger charge is -2.36. The van der Waals surface area contributed by atoms with Gasteiger partial charge in [-0.15, -0.1) is 11.3 Å². The number of ether oxygens (including phenoxy) is 1. The van der Waals surface area contributed by atoms with Gasteiger partial charge < -0.3 is 19.9 Å². The molecule has 0 aliphatic carbocycles. The van der Waals surface area contributed by atoms with E-state index in [1.54, 1.807) is 6.07 Å². The molecule has 2 aliphatic heterocycles. The second kappa shape index (κ2) is 8.71. The number of carbonyl (C=O) groups is 1. The van der Waals surface area contributed by atoms with Crippen LogP contribution in [-0.2, 0) is 4.74 Å². The molecule has 0 saturated carbocycles. The van der Waals surface area contributed by atoms with E-state index in [9.17, 15) is 4.79 Å². The minimum absolute atomic E-state index is 0.0276. The van der Waals surface area contributed by atoms with Gasteiger partial charge in [0, 0.05) is 54.4 Å². The average molecular weight is 458 g/mol. The summed E-state index contributed by atoms with van der Waals surface area (Å²) < 4.78 is 6.55. The smallest absolute Gasteiger partial charge is 0.265 e. The Bertz CT molecular complexity index is 891. The van der Waals surface area contributed by atoms with Gasteiger partial charge in [-0.3, -0.25) is 4.79 Å². The molecular formula is C19H21Cl2N3O2S2. The molecule has 0 spiro atoms. The van der Waals surface area contributed by atoms with Crippen LogP contribution in [0.3, 0.4) is 0 Å². The predicted molar refractivity (Wildman–Crippen MR) is 119 cm³/mol. The van der Waals surface area contributed by atoms with Gasteiger partial charge in [-0.25, -0.2) is 0 Å². The van der Waals surface area contributed by atoms with E-state index < -0.39 is 0 Å². The number of hydrogen-bond acceptors (Lipinski definition) is 4. The van der Waals surface area contributed by atoms with Crippen molar-refractivity contribution in [3.8, 4) is 0 Å². The number of rotatable bonds is 3. The molecule has 4 rings (SSSR count). The number of thiophene rings is 1. The first-order chi connectivity index (χ1) is 13.5. The minimum atomic E-state index is -0.0276. The Labute approximate surface area is 183 Å². The van der Waals surface area contributed by atoms with E-state index in [0.29, 0.717) is 41.1 Å². The van der Waals surface area contributed by atoms with Crippen molar-refractivity contribution in [3.63, 3.8) is 0 Å². The van der Waals surface area contributed by atoms with Crippen LogP contribution in [0.25, 0.3) is 10.1 Å². The fourth-order valence-corrected chi connectivity index (χ4v) is 5.57. The lowest BCUT2D eigenvalue weighted by molar-refractivity contribution is 0.0695. The second-order valence-electron chi connectivity index (χ2n) is 6.99. The molecule has 2 fully saturated rings. The summed E-state index contributed by atoms with van der Waals surface area (Å²) in [4.78, 5) is 17.5. The standard InChI is InChI=1S/C19H21Cl2N3O2S2/c20-12-3-4-14-15(10-12)28-17(16(14)21)18(25)23-5-7-24(8-6-23)19(27)22-11-13-2-1-9-26-13/h3-4,10,13H,1-2,5-9,11H2,(H,22,27). The zero-order valence-corrected chi connectivity index (χ0v) is 18.4. The lowest BCUT2D eigenvalue weighted by atomic mass is 10.2. The molecule has 2 aromatic rings. The fraction of sp³-hybridized carbons (Fsp3) is 0.474. The second-order valence-corrected chi connectivity index (χ2v) is 9.24. The number of thiocarbonyl (C=S) groups is 1. The third kappa shape index (κ3) is 4.24. The van der Waals surface area contributed by atoms with Crippen molar-refractivity contribution in [1.29, 1.82) is 0 Å². The highest BCUT2D eigenvalue weighted by Crippen LogP contribution is 2.37. The van der Waals surface area contributed by atoms with Gasteiger partial charge in [0.05, 0.1) is 11.1 Å². The lowest BCUT2D eigenvalue weighted by Crippen LogP contribution is -2.53. The van der Waals surface area contributed by atoms with Gasteiger partial charge in [0.1, 0.15) is 4.88 Å². The predicted octanol–water partition coefficient (Wildman–Crippen LogP) is 4.02. The summed E-state index contributed by atoms with van der Waals surface area (Å²) in [5.41, 5.74) is 0. The molecule has 1 amide bonds. The molecule has 1 aromatic heterocycles. The van der Waals surface area contributed by atoms with Crippen molar-refractivity contribution < 1.29 is 9.53 Å². The zero-order chi connectivity index (χ0) is 19.7. The molecule has 3 heterocycles. The molecule has 150 valence electrons. The van der Waals surface area contributed by atoms with E-state index in [4.69, 9.17) is 40.2 Å². The maximum Gasteiger partial charge on any atom is 0.265 e. The van der Waals surface area contributed by atoms with Crippen LogP contribution >= 0.6 is 46.8 Å². The molecule has 0 radical (unpaired) electrons. The molecule has 1 N–H and O–H groups in total. The average Bonchev–Trinajstić information content (AvgIpc) is 3.33. The van der Waals surface area contributed by atoms with Crippen molar-refractivity contribution in [2.45, 2.75) is 18.9 Å². The Morgan fingerprint density at radius 1 is 1.25 bits per heavy atom. The van der Waals surface area contributed by atoms with Crippen molar-refractivity contribution in [2.75, 3.05) is 39.3 Å². The fourth-order valence-electron chi connectivity index (χ4n) is 3.55. The highest BCUT2D eigenvalue weighted by Gasteiger charge is 2.27. The summed E-state index contributed by atoms with van der Waals surface area (Å²) >= 11 is 19.4. The Morgan fingerprint density at radius 2 is 2.00 bits per heavy atom. The van der Waals surface area contributed by atoms with Gasteiger partial charge in [0.2, 0.25) is 0 Å². The number of amides is 1. The Balaban J connectivity index is 1.35. The molecular weight excluding hydrogens is 437 g/mol. The molecule has 1 unspecified atom stereocenters. The van der Waals surface area contributed by atoms with E-state index in [0.717, 1.165) is 41.2 Å². The highest BCUT2D eigenvalue weighted by atomic mass is 35.5. The molecule has 2 saturated heterocycles. The van der Waals surface area contributed by atoms with Gasteiger partial charge >= 0.3 is 0 Å². The van der Waals surface area contributed by atoms with Gasteiger partial charge in [0.25, 0.3) is 5.91 Å². The van der Waals surface area contributed by atoms with Crippen LogP contribution < -0.4 is 5.32 Å². The monoisotopic (exact) mass is 457 g/mol. The summed E-state index contributed by atoms with van der Waals surface area (Å²) in [6.07, 6.45) is 2.45. The van der Waals surface area contributed by atoms with Crippen molar-refractivity contribution in [1.82, 2.24) is 15.1 Å². The van der Waals surface area contributed by atoms with Crippen LogP contribution in [0.4, 0.5) is 0 Å². The van der Waals surface area contributed by atoms with E-state index in [1.165, 1.54) is 11.3 Å². The summed E-state index contributed by atoms with van der Waals surface area (Å²) in [6, 6.07) is 5.50. The number of piperazine rings is 1. The largest absolute Gasteiger partial charge is 0.376 e. The zero-order valence-electron chi connectivity index (χ0n) is 15.2. The molecule has 0 bridgehead atoms. The first-order valence-electron chi connectivity index (χ1n) is 9.34. The third-order valence-electron chi connectivity index (χ3n) is 5.14. The number of benzene rings is 1. The number of hydrogen-bond donors (Lipinski definition) is 1. The van der Waals surface area contributed by atoms with Crippen LogP contribution in [0.15, 0.2) is 18.2 Å². The van der Waals surface area contributed by atoms with E-state index in [1.807, 2.05) is 17.0 Å². The van der Waals surface area contributed by atoms with Crippen LogP contribution in [0.1, 0.15) is 22.5 Å². The molecule has 28 heavy (non-hydrogen) atoms. The normalized spacial score (nSPS) is 20.0. The minimum Gasteiger partial charge on any atom is -0.376 e. The topological polar surface area (TPSA) is 44.8 Å². The van der Waals surface area contributed by atoms with Crippen LogP contribution in [0.5, 0.6) is 0 Å². The summed E-state index contributed by atoms with van der Waals surface area (Å²) in [5, 5.41) is 6.06. The third-order valence-corrected chi connectivity index (χ3v) is 7.43.